The van der Waals surface area contributed by atoms with Crippen LogP contribution in [0.15, 0.2) is 0 Å². The Labute approximate surface area is 82.9 Å². The van der Waals surface area contributed by atoms with E-state index in [0.717, 1.165) is 0 Å². The maximum atomic E-state index is 11.2. The Morgan fingerprint density at radius 2 is 1.77 bits per heavy atom. The number of unbranched alkanes of at least 4 members (excludes halogenated alkanes) is 1. The van der Waals surface area contributed by atoms with Crippen molar-refractivity contribution in [1.29, 1.82) is 0 Å². The smallest absolute Gasteiger partial charge is 0.132 e. The molecule has 0 N–H and O–H groups in total. The van der Waals surface area contributed by atoms with Gasteiger partial charge in [-0.25, -0.2) is 0 Å². The van der Waals surface area contributed by atoms with Crippen LogP contribution in [0.5, 0.6) is 0 Å². The van der Waals surface area contributed by atoms with E-state index in [1.807, 2.05) is 0 Å². The Morgan fingerprint density at radius 3 is 2.15 bits per heavy atom. The van der Waals surface area contributed by atoms with E-state index < -0.39 is 0 Å². The summed E-state index contributed by atoms with van der Waals surface area (Å²) in [5.41, 5.74) is 0. The molecule has 0 aromatic heterocycles. The molecule has 0 saturated carbocycles. The van der Waals surface area contributed by atoms with E-state index in [-0.39, 0.29) is 5.92 Å². The van der Waals surface area contributed by atoms with E-state index >= 15 is 0 Å². The zero-order valence-electron chi connectivity index (χ0n) is 9.76. The van der Waals surface area contributed by atoms with Crippen molar-refractivity contribution in [2.75, 3.05) is 0 Å². The molecule has 0 aromatic carbocycles. The van der Waals surface area contributed by atoms with Crippen LogP contribution in [-0.2, 0) is 4.79 Å². The predicted octanol–water partition coefficient (Wildman–Crippen LogP) is 3.67. The van der Waals surface area contributed by atoms with Crippen molar-refractivity contribution in [2.24, 2.45) is 17.8 Å². The fourth-order valence-corrected chi connectivity index (χ4v) is 1.65. The Bertz CT molecular complexity index is 151. The highest BCUT2D eigenvalue weighted by molar-refractivity contribution is 5.78. The fourth-order valence-electron chi connectivity index (χ4n) is 1.65. The summed E-state index contributed by atoms with van der Waals surface area (Å²) in [7, 11) is 0. The molecule has 0 rings (SSSR count). The second-order valence-electron chi connectivity index (χ2n) is 4.38. The van der Waals surface area contributed by atoms with Crippen LogP contribution in [0.1, 0.15) is 53.9 Å². The molecule has 0 bridgehead atoms. The Kier molecular flexibility index (Phi) is 6.02. The maximum Gasteiger partial charge on any atom is 0.132 e. The molecule has 3 atom stereocenters. The standard InChI is InChI=1S/C12H24O/c1-6-7-8-9(2)10(3)11(4)12(5)13/h9-11H,6-8H2,1-5H3. The third-order valence-corrected chi connectivity index (χ3v) is 3.34. The molecule has 0 radical (unpaired) electrons. The first kappa shape index (κ1) is 12.7. The molecule has 0 amide bonds. The topological polar surface area (TPSA) is 17.1 Å². The molecule has 0 spiro atoms. The molecule has 0 aromatic rings. The van der Waals surface area contributed by atoms with Gasteiger partial charge in [0.2, 0.25) is 0 Å². The van der Waals surface area contributed by atoms with Crippen LogP contribution in [0.2, 0.25) is 0 Å². The summed E-state index contributed by atoms with van der Waals surface area (Å²) in [5.74, 6) is 1.77. The molecule has 0 fully saturated rings. The predicted molar refractivity (Wildman–Crippen MR) is 57.7 cm³/mol. The van der Waals surface area contributed by atoms with E-state index in [1.54, 1.807) is 6.92 Å². The van der Waals surface area contributed by atoms with Crippen LogP contribution < -0.4 is 0 Å². The Balaban J connectivity index is 3.93. The second kappa shape index (κ2) is 6.17. The van der Waals surface area contributed by atoms with Gasteiger partial charge in [0, 0.05) is 5.92 Å². The van der Waals surface area contributed by atoms with Crippen molar-refractivity contribution < 1.29 is 4.79 Å². The highest BCUT2D eigenvalue weighted by atomic mass is 16.1. The Morgan fingerprint density at radius 1 is 1.23 bits per heavy atom. The third kappa shape index (κ3) is 4.44. The van der Waals surface area contributed by atoms with Gasteiger partial charge in [-0.2, -0.15) is 0 Å². The highest BCUT2D eigenvalue weighted by Gasteiger charge is 2.21. The molecule has 0 aliphatic heterocycles. The number of carbonyl (C=O) groups excluding carboxylic acids is 1. The van der Waals surface area contributed by atoms with Crippen molar-refractivity contribution in [2.45, 2.75) is 53.9 Å². The Hall–Kier alpha value is -0.330. The number of rotatable bonds is 6. The van der Waals surface area contributed by atoms with Crippen LogP contribution in [0.3, 0.4) is 0 Å². The molecule has 1 nitrogen and oxygen atoms in total. The molecule has 1 heteroatoms. The minimum Gasteiger partial charge on any atom is -0.300 e. The SMILES string of the molecule is CCCCC(C)C(C)C(C)C(C)=O. The molecule has 78 valence electrons. The summed E-state index contributed by atoms with van der Waals surface area (Å²) >= 11 is 0. The van der Waals surface area contributed by atoms with Crippen molar-refractivity contribution in [1.82, 2.24) is 0 Å². The summed E-state index contributed by atoms with van der Waals surface area (Å²) in [6.45, 7) is 10.4. The van der Waals surface area contributed by atoms with Crippen LogP contribution in [0.25, 0.3) is 0 Å². The normalized spacial score (nSPS) is 17.9. The van der Waals surface area contributed by atoms with Gasteiger partial charge in [0.1, 0.15) is 5.78 Å². The number of ketones is 1. The van der Waals surface area contributed by atoms with Crippen LogP contribution in [0, 0.1) is 17.8 Å². The van der Waals surface area contributed by atoms with Crippen LogP contribution >= 0.6 is 0 Å². The van der Waals surface area contributed by atoms with Gasteiger partial charge in [-0.15, -0.1) is 0 Å². The number of hydrogen-bond donors (Lipinski definition) is 0. The minimum absolute atomic E-state index is 0.229. The summed E-state index contributed by atoms with van der Waals surface area (Å²) in [6.07, 6.45) is 3.80. The summed E-state index contributed by atoms with van der Waals surface area (Å²) in [5, 5.41) is 0. The lowest BCUT2D eigenvalue weighted by Crippen LogP contribution is -2.22. The molecule has 0 saturated heterocycles. The van der Waals surface area contributed by atoms with Gasteiger partial charge < -0.3 is 0 Å². The molecule has 3 unspecified atom stereocenters. The van der Waals surface area contributed by atoms with E-state index in [0.29, 0.717) is 17.6 Å². The number of hydrogen-bond acceptors (Lipinski definition) is 1. The maximum absolute atomic E-state index is 11.2. The third-order valence-electron chi connectivity index (χ3n) is 3.34. The lowest BCUT2D eigenvalue weighted by Gasteiger charge is -2.24. The van der Waals surface area contributed by atoms with Crippen LogP contribution in [0.4, 0.5) is 0 Å². The van der Waals surface area contributed by atoms with E-state index in [4.69, 9.17) is 0 Å². The number of Topliss-reactive ketones (excluding diaryl/α,β-unsaturated/α-hetero) is 1. The van der Waals surface area contributed by atoms with Crippen molar-refractivity contribution in [3.05, 3.63) is 0 Å². The largest absolute Gasteiger partial charge is 0.300 e. The van der Waals surface area contributed by atoms with Gasteiger partial charge >= 0.3 is 0 Å². The van der Waals surface area contributed by atoms with Crippen molar-refractivity contribution in [3.63, 3.8) is 0 Å². The van der Waals surface area contributed by atoms with Gasteiger partial charge in [0.25, 0.3) is 0 Å². The first-order valence-corrected chi connectivity index (χ1v) is 5.51. The molecular formula is C12H24O. The zero-order valence-corrected chi connectivity index (χ0v) is 9.76. The van der Waals surface area contributed by atoms with Gasteiger partial charge in [0.05, 0.1) is 0 Å². The van der Waals surface area contributed by atoms with Crippen molar-refractivity contribution >= 4 is 5.78 Å². The average molecular weight is 184 g/mol. The first-order valence-electron chi connectivity index (χ1n) is 5.51. The lowest BCUT2D eigenvalue weighted by molar-refractivity contribution is -0.122. The molecule has 0 aliphatic carbocycles. The second-order valence-corrected chi connectivity index (χ2v) is 4.38. The highest BCUT2D eigenvalue weighted by Crippen LogP contribution is 2.25. The van der Waals surface area contributed by atoms with Crippen LogP contribution in [-0.4, -0.2) is 5.78 Å². The van der Waals surface area contributed by atoms with Crippen molar-refractivity contribution in [3.8, 4) is 0 Å². The lowest BCUT2D eigenvalue weighted by atomic mass is 9.81. The van der Waals surface area contributed by atoms with Gasteiger partial charge in [-0.3, -0.25) is 4.79 Å². The molecule has 0 aliphatic rings. The van der Waals surface area contributed by atoms with Gasteiger partial charge in [0.15, 0.2) is 0 Å². The van der Waals surface area contributed by atoms with E-state index in [1.165, 1.54) is 19.3 Å². The summed E-state index contributed by atoms with van der Waals surface area (Å²) in [4.78, 5) is 11.2. The molecular weight excluding hydrogens is 160 g/mol. The van der Waals surface area contributed by atoms with Gasteiger partial charge in [-0.05, 0) is 18.8 Å². The molecule has 13 heavy (non-hydrogen) atoms. The van der Waals surface area contributed by atoms with E-state index in [9.17, 15) is 4.79 Å². The fraction of sp³-hybridized carbons (Fsp3) is 0.917. The van der Waals surface area contributed by atoms with Gasteiger partial charge in [-0.1, -0.05) is 47.0 Å². The minimum atomic E-state index is 0.229. The number of carbonyl (C=O) groups is 1. The zero-order chi connectivity index (χ0) is 10.4. The average Bonchev–Trinajstić information content (AvgIpc) is 2.11. The summed E-state index contributed by atoms with van der Waals surface area (Å²) < 4.78 is 0. The monoisotopic (exact) mass is 184 g/mol. The first-order chi connectivity index (χ1) is 6.00. The quantitative estimate of drug-likeness (QED) is 0.615. The van der Waals surface area contributed by atoms with E-state index in [2.05, 4.69) is 27.7 Å². The molecule has 0 heterocycles. The summed E-state index contributed by atoms with van der Waals surface area (Å²) in [6, 6.07) is 0.